The summed E-state index contributed by atoms with van der Waals surface area (Å²) >= 11 is 0. The van der Waals surface area contributed by atoms with Crippen molar-refractivity contribution in [2.45, 2.75) is 52.0 Å². The van der Waals surface area contributed by atoms with Crippen molar-refractivity contribution in [3.8, 4) is 17.5 Å². The molecule has 3 aromatic rings. The molecule has 7 nitrogen and oxygen atoms in total. The summed E-state index contributed by atoms with van der Waals surface area (Å²) in [6.45, 7) is 4.17. The Labute approximate surface area is 181 Å². The van der Waals surface area contributed by atoms with E-state index in [9.17, 15) is 10.1 Å². The minimum absolute atomic E-state index is 0.0777. The van der Waals surface area contributed by atoms with E-state index < -0.39 is 5.91 Å². The van der Waals surface area contributed by atoms with E-state index in [2.05, 4.69) is 51.0 Å². The van der Waals surface area contributed by atoms with Crippen LogP contribution in [0.1, 0.15) is 55.1 Å². The molecule has 31 heavy (non-hydrogen) atoms. The molecule has 0 spiro atoms. The first-order valence-electron chi connectivity index (χ1n) is 10.6. The molecule has 2 N–H and O–H groups in total. The number of carbonyl (C=O) groups excluding carboxylic acids is 1. The molecule has 0 aliphatic heterocycles. The molecule has 4 rings (SSSR count). The lowest BCUT2D eigenvalue weighted by Crippen LogP contribution is -2.15. The second-order valence-electron chi connectivity index (χ2n) is 8.03. The highest BCUT2D eigenvalue weighted by atomic mass is 16.1. The van der Waals surface area contributed by atoms with E-state index in [1.54, 1.807) is 18.2 Å². The van der Waals surface area contributed by atoms with E-state index in [4.69, 9.17) is 0 Å². The Hall–Kier alpha value is -3.66. The highest BCUT2D eigenvalue weighted by molar-refractivity contribution is 6.09. The molecule has 7 heteroatoms. The van der Waals surface area contributed by atoms with Crippen molar-refractivity contribution in [1.82, 2.24) is 19.7 Å². The quantitative estimate of drug-likeness (QED) is 0.456. The van der Waals surface area contributed by atoms with Gasteiger partial charge in [-0.25, -0.2) is 4.98 Å². The van der Waals surface area contributed by atoms with Gasteiger partial charge in [0.05, 0.1) is 0 Å². The molecule has 0 unspecified atom stereocenters. The molecule has 1 aromatic carbocycles. The molecule has 1 fully saturated rings. The van der Waals surface area contributed by atoms with E-state index in [1.807, 2.05) is 12.1 Å². The molecule has 1 amide bonds. The second-order valence-corrected chi connectivity index (χ2v) is 8.03. The van der Waals surface area contributed by atoms with E-state index in [0.717, 1.165) is 16.8 Å². The first-order chi connectivity index (χ1) is 15.1. The van der Waals surface area contributed by atoms with Gasteiger partial charge in [0.15, 0.2) is 5.82 Å². The molecule has 1 aliphatic carbocycles. The van der Waals surface area contributed by atoms with Gasteiger partial charge in [0.1, 0.15) is 18.0 Å². The van der Waals surface area contributed by atoms with Crippen molar-refractivity contribution in [2.24, 2.45) is 0 Å². The van der Waals surface area contributed by atoms with Crippen molar-refractivity contribution in [1.29, 1.82) is 5.26 Å². The van der Waals surface area contributed by atoms with E-state index in [0.29, 0.717) is 17.6 Å². The van der Waals surface area contributed by atoms with E-state index in [1.165, 1.54) is 44.1 Å². The predicted octanol–water partition coefficient (Wildman–Crippen LogP) is 4.94. The van der Waals surface area contributed by atoms with Gasteiger partial charge in [-0.3, -0.25) is 9.89 Å². The molecule has 1 aliphatic rings. The standard InChI is InChI=1S/C24H26N6O/c1-16-11-19(17(2)30(16)22-9-4-3-5-10-22)12-20(14-25)24(31)28-21-8-6-7-18(13-21)23-26-15-27-29-23/h6-8,11-13,15,22H,3-5,9-10H2,1-2H3,(H,28,31)(H,26,27,29)/b20-12-. The van der Waals surface area contributed by atoms with Crippen molar-refractivity contribution < 1.29 is 4.79 Å². The first kappa shape index (κ1) is 20.6. The van der Waals surface area contributed by atoms with Crippen LogP contribution in [0.4, 0.5) is 5.69 Å². The van der Waals surface area contributed by atoms with Crippen molar-refractivity contribution in [2.75, 3.05) is 5.32 Å². The fourth-order valence-corrected chi connectivity index (χ4v) is 4.44. The lowest BCUT2D eigenvalue weighted by Gasteiger charge is -2.26. The third-order valence-corrected chi connectivity index (χ3v) is 5.94. The second kappa shape index (κ2) is 9.00. The first-order valence-corrected chi connectivity index (χ1v) is 10.6. The summed E-state index contributed by atoms with van der Waals surface area (Å²) in [4.78, 5) is 16.9. The lowest BCUT2D eigenvalue weighted by atomic mass is 9.95. The molecule has 2 heterocycles. The molecule has 2 aromatic heterocycles. The Bertz CT molecular complexity index is 1140. The summed E-state index contributed by atoms with van der Waals surface area (Å²) in [5, 5.41) is 19.1. The van der Waals surface area contributed by atoms with Crippen LogP contribution in [-0.2, 0) is 4.79 Å². The minimum Gasteiger partial charge on any atom is -0.346 e. The highest BCUT2D eigenvalue weighted by Crippen LogP contribution is 2.32. The van der Waals surface area contributed by atoms with Crippen molar-refractivity contribution in [3.63, 3.8) is 0 Å². The molecule has 0 atom stereocenters. The van der Waals surface area contributed by atoms with Gasteiger partial charge < -0.3 is 9.88 Å². The maximum Gasteiger partial charge on any atom is 0.266 e. The maximum atomic E-state index is 12.8. The normalized spacial score (nSPS) is 14.9. The van der Waals surface area contributed by atoms with E-state index in [-0.39, 0.29) is 5.57 Å². The minimum atomic E-state index is -0.431. The summed E-state index contributed by atoms with van der Waals surface area (Å²) in [6, 6.07) is 11.9. The summed E-state index contributed by atoms with van der Waals surface area (Å²) in [6.07, 6.45) is 9.31. The van der Waals surface area contributed by atoms with Crippen LogP contribution in [0.5, 0.6) is 0 Å². The Morgan fingerprint density at radius 1 is 1.26 bits per heavy atom. The third kappa shape index (κ3) is 4.43. The number of aryl methyl sites for hydroxylation is 1. The Balaban J connectivity index is 1.56. The molecule has 1 saturated carbocycles. The molecule has 0 bridgehead atoms. The molecular formula is C24H26N6O. The number of amides is 1. The number of hydrogen-bond acceptors (Lipinski definition) is 4. The highest BCUT2D eigenvalue weighted by Gasteiger charge is 2.20. The smallest absolute Gasteiger partial charge is 0.266 e. The van der Waals surface area contributed by atoms with Crippen LogP contribution in [0, 0.1) is 25.2 Å². The van der Waals surface area contributed by atoms with Gasteiger partial charge >= 0.3 is 0 Å². The SMILES string of the molecule is Cc1cc(/C=C(/C#N)C(=O)Nc2cccc(-c3ncn[nH]3)c2)c(C)n1C1CCCCC1. The maximum absolute atomic E-state index is 12.8. The van der Waals surface area contributed by atoms with Crippen molar-refractivity contribution in [3.05, 3.63) is 59.2 Å². The summed E-state index contributed by atoms with van der Waals surface area (Å²) in [5.41, 5.74) is 4.67. The number of aromatic nitrogens is 4. The number of nitrogens with zero attached hydrogens (tertiary/aromatic N) is 4. The van der Waals surface area contributed by atoms with Crippen LogP contribution in [0.15, 0.2) is 42.2 Å². The number of benzene rings is 1. The predicted molar refractivity (Wildman–Crippen MR) is 120 cm³/mol. The summed E-state index contributed by atoms with van der Waals surface area (Å²) < 4.78 is 2.37. The van der Waals surface area contributed by atoms with Crippen LogP contribution in [0.25, 0.3) is 17.5 Å². The molecule has 0 radical (unpaired) electrons. The van der Waals surface area contributed by atoms with Crippen molar-refractivity contribution >= 4 is 17.7 Å². The van der Waals surface area contributed by atoms with Crippen LogP contribution >= 0.6 is 0 Å². The van der Waals surface area contributed by atoms with Crippen LogP contribution in [-0.4, -0.2) is 25.7 Å². The average molecular weight is 415 g/mol. The van der Waals surface area contributed by atoms with Gasteiger partial charge in [-0.15, -0.1) is 0 Å². The molecule has 0 saturated heterocycles. The van der Waals surface area contributed by atoms with Gasteiger partial charge in [-0.2, -0.15) is 10.4 Å². The summed E-state index contributed by atoms with van der Waals surface area (Å²) in [5.74, 6) is 0.182. The number of anilines is 1. The fraction of sp³-hybridized carbons (Fsp3) is 0.333. The monoisotopic (exact) mass is 414 g/mol. The van der Waals surface area contributed by atoms with Gasteiger partial charge in [0, 0.05) is 28.7 Å². The number of H-pyrrole nitrogens is 1. The Kier molecular flexibility index (Phi) is 5.99. The van der Waals surface area contributed by atoms with Gasteiger partial charge in [0.2, 0.25) is 0 Å². The lowest BCUT2D eigenvalue weighted by molar-refractivity contribution is -0.112. The fourth-order valence-electron chi connectivity index (χ4n) is 4.44. The zero-order valence-electron chi connectivity index (χ0n) is 17.9. The average Bonchev–Trinajstić information content (AvgIpc) is 3.41. The number of aromatic amines is 1. The summed E-state index contributed by atoms with van der Waals surface area (Å²) in [7, 11) is 0. The van der Waals surface area contributed by atoms with Gasteiger partial charge in [-0.1, -0.05) is 31.4 Å². The van der Waals surface area contributed by atoms with Gasteiger partial charge in [-0.05, 0) is 56.5 Å². The van der Waals surface area contributed by atoms with E-state index >= 15 is 0 Å². The zero-order valence-corrected chi connectivity index (χ0v) is 17.9. The Morgan fingerprint density at radius 3 is 2.77 bits per heavy atom. The number of hydrogen-bond donors (Lipinski definition) is 2. The van der Waals surface area contributed by atoms with Gasteiger partial charge in [0.25, 0.3) is 5.91 Å². The third-order valence-electron chi connectivity index (χ3n) is 5.94. The van der Waals surface area contributed by atoms with Crippen LogP contribution in [0.2, 0.25) is 0 Å². The number of nitriles is 1. The molecule has 158 valence electrons. The largest absolute Gasteiger partial charge is 0.346 e. The van der Waals surface area contributed by atoms with Crippen LogP contribution in [0.3, 0.4) is 0 Å². The number of nitrogens with one attached hydrogen (secondary N) is 2. The topological polar surface area (TPSA) is 99.4 Å². The van der Waals surface area contributed by atoms with Crippen LogP contribution < -0.4 is 5.32 Å². The Morgan fingerprint density at radius 2 is 2.06 bits per heavy atom. The molecular weight excluding hydrogens is 388 g/mol. The zero-order chi connectivity index (χ0) is 21.8. The number of rotatable bonds is 5. The number of carbonyl (C=O) groups is 1.